The van der Waals surface area contributed by atoms with Gasteiger partial charge < -0.3 is 5.73 Å². The standard InChI is InChI=1S/C25H24FNO2/c1-15(18-10-11-23(26)21-9-5-4-8-20(18)21)22(25(27)29)13-16-12-17-6-2-3-7-19(17)24(28)14-16/h2-11,15-16,22H,12-14H2,1H3,(H2,27,29)/t15-,16-,22?/m0/s1. The van der Waals surface area contributed by atoms with Gasteiger partial charge in [0.2, 0.25) is 5.91 Å². The van der Waals surface area contributed by atoms with Crippen LogP contribution in [0.4, 0.5) is 4.39 Å². The number of nitrogens with two attached hydrogens (primary N) is 1. The molecule has 1 aliphatic rings. The van der Waals surface area contributed by atoms with Crippen molar-refractivity contribution >= 4 is 22.5 Å². The van der Waals surface area contributed by atoms with E-state index in [-0.39, 0.29) is 29.3 Å². The van der Waals surface area contributed by atoms with Crippen molar-refractivity contribution in [3.05, 3.63) is 83.2 Å². The van der Waals surface area contributed by atoms with Crippen LogP contribution in [0.2, 0.25) is 0 Å². The quantitative estimate of drug-likeness (QED) is 0.666. The molecule has 0 saturated heterocycles. The molecule has 0 aliphatic heterocycles. The molecule has 4 heteroatoms. The lowest BCUT2D eigenvalue weighted by atomic mass is 9.74. The second kappa shape index (κ2) is 7.78. The molecule has 3 aromatic carbocycles. The molecule has 1 aliphatic carbocycles. The number of amides is 1. The zero-order valence-corrected chi connectivity index (χ0v) is 16.4. The molecule has 0 radical (unpaired) electrons. The summed E-state index contributed by atoms with van der Waals surface area (Å²) in [6.07, 6.45) is 1.74. The Morgan fingerprint density at radius 3 is 2.48 bits per heavy atom. The summed E-state index contributed by atoms with van der Waals surface area (Å²) in [5.74, 6) is -1.06. The Bertz CT molecular complexity index is 1090. The number of hydrogen-bond acceptors (Lipinski definition) is 2. The zero-order chi connectivity index (χ0) is 20.5. The van der Waals surface area contributed by atoms with Gasteiger partial charge in [0.05, 0.1) is 0 Å². The van der Waals surface area contributed by atoms with E-state index in [1.54, 1.807) is 18.2 Å². The van der Waals surface area contributed by atoms with Gasteiger partial charge in [-0.3, -0.25) is 9.59 Å². The molecular weight excluding hydrogens is 365 g/mol. The average Bonchev–Trinajstić information content (AvgIpc) is 2.72. The lowest BCUT2D eigenvalue weighted by Gasteiger charge is -2.29. The van der Waals surface area contributed by atoms with E-state index < -0.39 is 5.92 Å². The molecule has 3 atom stereocenters. The number of carbonyl (C=O) groups excluding carboxylic acids is 2. The first-order chi connectivity index (χ1) is 14.0. The fraction of sp³-hybridized carbons (Fsp3) is 0.280. The average molecular weight is 389 g/mol. The van der Waals surface area contributed by atoms with E-state index in [4.69, 9.17) is 5.73 Å². The van der Waals surface area contributed by atoms with Gasteiger partial charge in [-0.25, -0.2) is 4.39 Å². The maximum absolute atomic E-state index is 14.2. The van der Waals surface area contributed by atoms with Crippen LogP contribution in [0.15, 0.2) is 60.7 Å². The number of benzene rings is 3. The first kappa shape index (κ1) is 19.3. The first-order valence-electron chi connectivity index (χ1n) is 10.0. The van der Waals surface area contributed by atoms with Crippen LogP contribution < -0.4 is 5.73 Å². The Kier molecular flexibility index (Phi) is 5.18. The van der Waals surface area contributed by atoms with E-state index in [2.05, 4.69) is 0 Å². The number of ketones is 1. The molecule has 3 nitrogen and oxygen atoms in total. The summed E-state index contributed by atoms with van der Waals surface area (Å²) in [6.45, 7) is 1.97. The van der Waals surface area contributed by atoms with Gasteiger partial charge in [-0.2, -0.15) is 0 Å². The van der Waals surface area contributed by atoms with E-state index in [0.717, 1.165) is 28.5 Å². The monoisotopic (exact) mass is 389 g/mol. The fourth-order valence-electron chi connectivity index (χ4n) is 4.72. The van der Waals surface area contributed by atoms with Gasteiger partial charge in [-0.1, -0.05) is 61.5 Å². The van der Waals surface area contributed by atoms with Crippen LogP contribution in [-0.2, 0) is 11.2 Å². The molecule has 4 rings (SSSR count). The minimum Gasteiger partial charge on any atom is -0.369 e. The minimum atomic E-state index is -0.424. The summed E-state index contributed by atoms with van der Waals surface area (Å²) in [5, 5.41) is 1.35. The van der Waals surface area contributed by atoms with Crippen molar-refractivity contribution in [2.45, 2.75) is 32.1 Å². The largest absolute Gasteiger partial charge is 0.369 e. The number of halogens is 1. The van der Waals surface area contributed by atoms with E-state index in [0.29, 0.717) is 18.2 Å². The molecule has 148 valence electrons. The summed E-state index contributed by atoms with van der Waals surface area (Å²) >= 11 is 0. The third-order valence-corrected chi connectivity index (χ3v) is 6.25. The second-order valence-electron chi connectivity index (χ2n) is 8.07. The Hall–Kier alpha value is -3.01. The van der Waals surface area contributed by atoms with Crippen LogP contribution >= 0.6 is 0 Å². The van der Waals surface area contributed by atoms with E-state index >= 15 is 0 Å². The van der Waals surface area contributed by atoms with Gasteiger partial charge in [0.1, 0.15) is 5.82 Å². The summed E-state index contributed by atoms with van der Waals surface area (Å²) < 4.78 is 14.2. The van der Waals surface area contributed by atoms with Crippen molar-refractivity contribution < 1.29 is 14.0 Å². The third kappa shape index (κ3) is 3.67. The van der Waals surface area contributed by atoms with Crippen LogP contribution in [-0.4, -0.2) is 11.7 Å². The van der Waals surface area contributed by atoms with Gasteiger partial charge in [0, 0.05) is 23.3 Å². The maximum Gasteiger partial charge on any atom is 0.221 e. The predicted octanol–water partition coefficient (Wildman–Crippen LogP) is 5.02. The minimum absolute atomic E-state index is 0.0732. The van der Waals surface area contributed by atoms with Crippen molar-refractivity contribution in [2.75, 3.05) is 0 Å². The molecule has 0 aromatic heterocycles. The highest BCUT2D eigenvalue weighted by atomic mass is 19.1. The number of rotatable bonds is 5. The Labute approximate surface area is 169 Å². The Morgan fingerprint density at radius 2 is 1.72 bits per heavy atom. The van der Waals surface area contributed by atoms with Crippen molar-refractivity contribution in [3.63, 3.8) is 0 Å². The number of fused-ring (bicyclic) bond motifs is 2. The molecule has 1 amide bonds. The molecule has 0 heterocycles. The molecule has 3 aromatic rings. The summed E-state index contributed by atoms with van der Waals surface area (Å²) in [4.78, 5) is 24.9. The molecule has 2 N–H and O–H groups in total. The van der Waals surface area contributed by atoms with E-state index in [9.17, 15) is 14.0 Å². The van der Waals surface area contributed by atoms with Crippen LogP contribution in [0.5, 0.6) is 0 Å². The SMILES string of the molecule is C[C@@H](c1ccc(F)c2ccccc12)C(C[C@H]1CC(=O)c2ccccc2C1)C(N)=O. The first-order valence-corrected chi connectivity index (χ1v) is 10.0. The highest BCUT2D eigenvalue weighted by Gasteiger charge is 2.32. The summed E-state index contributed by atoms with van der Waals surface area (Å²) in [6, 6.07) is 18.2. The predicted molar refractivity (Wildman–Crippen MR) is 112 cm³/mol. The summed E-state index contributed by atoms with van der Waals surface area (Å²) in [5.41, 5.74) is 8.54. The van der Waals surface area contributed by atoms with Gasteiger partial charge in [0.15, 0.2) is 5.78 Å². The van der Waals surface area contributed by atoms with E-state index in [1.165, 1.54) is 6.07 Å². The fourth-order valence-corrected chi connectivity index (χ4v) is 4.72. The van der Waals surface area contributed by atoms with Crippen molar-refractivity contribution in [3.8, 4) is 0 Å². The molecule has 0 saturated carbocycles. The summed E-state index contributed by atoms with van der Waals surface area (Å²) in [7, 11) is 0. The molecule has 0 spiro atoms. The van der Waals surface area contributed by atoms with Crippen molar-refractivity contribution in [1.29, 1.82) is 0 Å². The Balaban J connectivity index is 1.63. The second-order valence-corrected chi connectivity index (χ2v) is 8.07. The van der Waals surface area contributed by atoms with Crippen LogP contribution in [0.3, 0.4) is 0 Å². The molecule has 1 unspecified atom stereocenters. The molecule has 0 bridgehead atoms. The lowest BCUT2D eigenvalue weighted by Crippen LogP contribution is -2.32. The van der Waals surface area contributed by atoms with Crippen LogP contribution in [0.1, 0.15) is 47.2 Å². The third-order valence-electron chi connectivity index (χ3n) is 6.25. The topological polar surface area (TPSA) is 60.2 Å². The molecular formula is C25H24FNO2. The zero-order valence-electron chi connectivity index (χ0n) is 16.4. The van der Waals surface area contributed by atoms with Gasteiger partial charge in [0.25, 0.3) is 0 Å². The normalized spacial score (nSPS) is 18.3. The van der Waals surface area contributed by atoms with E-state index in [1.807, 2.05) is 43.3 Å². The number of primary amides is 1. The number of carbonyl (C=O) groups is 2. The van der Waals surface area contributed by atoms with Crippen LogP contribution in [0.25, 0.3) is 10.8 Å². The molecule has 29 heavy (non-hydrogen) atoms. The van der Waals surface area contributed by atoms with Gasteiger partial charge in [-0.05, 0) is 47.3 Å². The van der Waals surface area contributed by atoms with Gasteiger partial charge >= 0.3 is 0 Å². The smallest absolute Gasteiger partial charge is 0.221 e. The van der Waals surface area contributed by atoms with Gasteiger partial charge in [-0.15, -0.1) is 0 Å². The van der Waals surface area contributed by atoms with Crippen LogP contribution in [0, 0.1) is 17.7 Å². The van der Waals surface area contributed by atoms with Crippen molar-refractivity contribution in [1.82, 2.24) is 0 Å². The maximum atomic E-state index is 14.2. The highest BCUT2D eigenvalue weighted by molar-refractivity contribution is 5.98. The number of hydrogen-bond donors (Lipinski definition) is 1. The molecule has 0 fully saturated rings. The number of Topliss-reactive ketones (excluding diaryl/α,β-unsaturated/α-hetero) is 1. The van der Waals surface area contributed by atoms with Crippen molar-refractivity contribution in [2.24, 2.45) is 17.6 Å². The Morgan fingerprint density at radius 1 is 1.03 bits per heavy atom. The highest BCUT2D eigenvalue weighted by Crippen LogP contribution is 2.37. The lowest BCUT2D eigenvalue weighted by molar-refractivity contribution is -0.123.